The first-order valence-corrected chi connectivity index (χ1v) is 10.9. The Hall–Kier alpha value is -3.57. The van der Waals surface area contributed by atoms with Crippen LogP contribution < -0.4 is 5.32 Å². The lowest BCUT2D eigenvalue weighted by molar-refractivity contribution is -0.142. The van der Waals surface area contributed by atoms with Gasteiger partial charge in [-0.3, -0.25) is 9.78 Å². The van der Waals surface area contributed by atoms with Crippen molar-refractivity contribution in [2.24, 2.45) is 0 Å². The number of rotatable bonds is 5. The zero-order valence-corrected chi connectivity index (χ0v) is 17.6. The van der Waals surface area contributed by atoms with Crippen LogP contribution in [0.2, 0.25) is 0 Å². The Labute approximate surface area is 183 Å². The van der Waals surface area contributed by atoms with Crippen LogP contribution in [0.15, 0.2) is 36.5 Å². The molecule has 0 fully saturated rings. The molecule has 0 saturated heterocycles. The Morgan fingerprint density at radius 1 is 1.19 bits per heavy atom. The number of thiophene rings is 1. The van der Waals surface area contributed by atoms with Gasteiger partial charge in [-0.15, -0.1) is 11.3 Å². The van der Waals surface area contributed by atoms with Gasteiger partial charge in [-0.25, -0.2) is 9.78 Å². The Morgan fingerprint density at radius 2 is 2.00 bits per heavy atom. The molecule has 1 aliphatic rings. The number of amides is 1. The highest BCUT2D eigenvalue weighted by molar-refractivity contribution is 7.16. The second kappa shape index (κ2) is 9.49. The molecule has 1 aliphatic carbocycles. The number of aromatic nitrogens is 2. The quantitative estimate of drug-likeness (QED) is 0.371. The van der Waals surface area contributed by atoms with Crippen LogP contribution in [0.1, 0.15) is 41.0 Å². The molecule has 1 N–H and O–H groups in total. The van der Waals surface area contributed by atoms with Crippen molar-refractivity contribution in [3.63, 3.8) is 0 Å². The van der Waals surface area contributed by atoms with E-state index in [0.29, 0.717) is 16.3 Å². The Balaban J connectivity index is 1.34. The molecule has 2 heterocycles. The maximum atomic E-state index is 12.2. The molecule has 156 valence electrons. The Morgan fingerprint density at radius 3 is 2.84 bits per heavy atom. The van der Waals surface area contributed by atoms with E-state index in [4.69, 9.17) is 4.74 Å². The van der Waals surface area contributed by atoms with E-state index in [1.165, 1.54) is 28.4 Å². The van der Waals surface area contributed by atoms with Gasteiger partial charge in [0.15, 0.2) is 6.61 Å². The topological polar surface area (TPSA) is 105 Å². The zero-order chi connectivity index (χ0) is 21.6. The number of benzene rings is 1. The first-order valence-electron chi connectivity index (χ1n) is 10.0. The standard InChI is InChI=1S/C23H20N4O3S/c24-12-17-16-6-2-1-3-9-20(16)31-23(17)27-21(28)14-30-22(29)11-10-15-13-25-18-7-4-5-8-19(18)26-15/h4-5,7-8,10-11,13H,1-3,6,9,14H2,(H,27,28). The van der Waals surface area contributed by atoms with Gasteiger partial charge in [0.1, 0.15) is 11.1 Å². The van der Waals surface area contributed by atoms with Gasteiger partial charge in [0.05, 0.1) is 28.5 Å². The number of ether oxygens (including phenoxy) is 1. The van der Waals surface area contributed by atoms with Crippen LogP contribution in [0.4, 0.5) is 5.00 Å². The van der Waals surface area contributed by atoms with E-state index in [-0.39, 0.29) is 0 Å². The molecule has 0 spiro atoms. The second-order valence-corrected chi connectivity index (χ2v) is 8.26. The first kappa shape index (κ1) is 20.7. The average Bonchev–Trinajstić information content (AvgIpc) is 2.94. The molecular weight excluding hydrogens is 412 g/mol. The lowest BCUT2D eigenvalue weighted by Crippen LogP contribution is -2.20. The molecule has 0 bridgehead atoms. The summed E-state index contributed by atoms with van der Waals surface area (Å²) in [6, 6.07) is 9.64. The van der Waals surface area contributed by atoms with Crippen LogP contribution in [0.3, 0.4) is 0 Å². The predicted octanol–water partition coefficient (Wildman–Crippen LogP) is 4.03. The number of fused-ring (bicyclic) bond motifs is 2. The molecule has 4 rings (SSSR count). The predicted molar refractivity (Wildman–Crippen MR) is 118 cm³/mol. The third kappa shape index (κ3) is 4.95. The maximum Gasteiger partial charge on any atom is 0.331 e. The number of hydrogen-bond donors (Lipinski definition) is 1. The molecule has 31 heavy (non-hydrogen) atoms. The molecular formula is C23H20N4O3S. The molecule has 0 saturated carbocycles. The van der Waals surface area contributed by atoms with E-state index < -0.39 is 18.5 Å². The highest BCUT2D eigenvalue weighted by atomic mass is 32.1. The van der Waals surface area contributed by atoms with Crippen LogP contribution in [0.25, 0.3) is 17.1 Å². The zero-order valence-electron chi connectivity index (χ0n) is 16.8. The number of nitrogens with zero attached hydrogens (tertiary/aromatic N) is 3. The number of para-hydroxylation sites is 2. The molecule has 1 amide bonds. The lowest BCUT2D eigenvalue weighted by Gasteiger charge is -2.04. The minimum absolute atomic E-state index is 0.431. The fourth-order valence-electron chi connectivity index (χ4n) is 3.50. The van der Waals surface area contributed by atoms with E-state index >= 15 is 0 Å². The minimum atomic E-state index is -0.660. The molecule has 8 heteroatoms. The first-order chi connectivity index (χ1) is 15.1. The highest BCUT2D eigenvalue weighted by Crippen LogP contribution is 2.36. The number of nitriles is 1. The maximum absolute atomic E-state index is 12.2. The van der Waals surface area contributed by atoms with Gasteiger partial charge >= 0.3 is 5.97 Å². The number of carbonyl (C=O) groups excluding carboxylic acids is 2. The van der Waals surface area contributed by atoms with Gasteiger partial charge in [0, 0.05) is 11.0 Å². The molecule has 2 aromatic heterocycles. The van der Waals surface area contributed by atoms with Crippen LogP contribution in [0, 0.1) is 11.3 Å². The summed E-state index contributed by atoms with van der Waals surface area (Å²) in [5.74, 6) is -1.13. The largest absolute Gasteiger partial charge is 0.452 e. The van der Waals surface area contributed by atoms with Crippen molar-refractivity contribution in [2.45, 2.75) is 32.1 Å². The number of nitrogens with one attached hydrogen (secondary N) is 1. The van der Waals surface area contributed by atoms with E-state index in [9.17, 15) is 14.9 Å². The second-order valence-electron chi connectivity index (χ2n) is 7.15. The number of anilines is 1. The lowest BCUT2D eigenvalue weighted by atomic mass is 10.1. The van der Waals surface area contributed by atoms with E-state index in [1.54, 1.807) is 6.20 Å². The smallest absolute Gasteiger partial charge is 0.331 e. The van der Waals surface area contributed by atoms with Crippen molar-refractivity contribution in [2.75, 3.05) is 11.9 Å². The molecule has 3 aromatic rings. The molecule has 1 aromatic carbocycles. The third-order valence-electron chi connectivity index (χ3n) is 4.99. The van der Waals surface area contributed by atoms with Gasteiger partial charge < -0.3 is 10.1 Å². The van der Waals surface area contributed by atoms with Crippen LogP contribution in [0.5, 0.6) is 0 Å². The molecule has 7 nitrogen and oxygen atoms in total. The number of carbonyl (C=O) groups is 2. The number of esters is 1. The normalized spacial score (nSPS) is 13.4. The summed E-state index contributed by atoms with van der Waals surface area (Å²) in [5, 5.41) is 12.8. The molecule has 0 radical (unpaired) electrons. The van der Waals surface area contributed by atoms with E-state index in [2.05, 4.69) is 21.4 Å². The van der Waals surface area contributed by atoms with Gasteiger partial charge in [-0.1, -0.05) is 18.6 Å². The van der Waals surface area contributed by atoms with Gasteiger partial charge in [0.2, 0.25) is 0 Å². The number of aryl methyl sites for hydroxylation is 1. The summed E-state index contributed by atoms with van der Waals surface area (Å²) >= 11 is 1.45. The fraction of sp³-hybridized carbons (Fsp3) is 0.261. The van der Waals surface area contributed by atoms with Crippen molar-refractivity contribution in [3.8, 4) is 6.07 Å². The summed E-state index contributed by atoms with van der Waals surface area (Å²) in [7, 11) is 0. The summed E-state index contributed by atoms with van der Waals surface area (Å²) in [6.07, 6.45) is 9.35. The molecule has 0 unspecified atom stereocenters. The minimum Gasteiger partial charge on any atom is -0.452 e. The van der Waals surface area contributed by atoms with E-state index in [1.807, 2.05) is 24.3 Å². The average molecular weight is 433 g/mol. The monoisotopic (exact) mass is 432 g/mol. The van der Waals surface area contributed by atoms with Gasteiger partial charge in [0.25, 0.3) is 5.91 Å². The summed E-state index contributed by atoms with van der Waals surface area (Å²) in [6.45, 7) is -0.431. The van der Waals surface area contributed by atoms with Crippen molar-refractivity contribution in [3.05, 3.63) is 58.2 Å². The van der Waals surface area contributed by atoms with Crippen molar-refractivity contribution in [1.82, 2.24) is 9.97 Å². The molecule has 0 atom stereocenters. The van der Waals surface area contributed by atoms with Gasteiger partial charge in [-0.05, 0) is 49.5 Å². The summed E-state index contributed by atoms with van der Waals surface area (Å²) in [4.78, 5) is 34.1. The van der Waals surface area contributed by atoms with Crippen molar-refractivity contribution in [1.29, 1.82) is 5.26 Å². The summed E-state index contributed by atoms with van der Waals surface area (Å²) < 4.78 is 5.02. The van der Waals surface area contributed by atoms with Crippen molar-refractivity contribution < 1.29 is 14.3 Å². The molecule has 0 aliphatic heterocycles. The van der Waals surface area contributed by atoms with Crippen LogP contribution in [-0.4, -0.2) is 28.5 Å². The highest BCUT2D eigenvalue weighted by Gasteiger charge is 2.21. The SMILES string of the molecule is N#Cc1c(NC(=O)COC(=O)C=Cc2cnc3ccccc3n2)sc2c1CCCCC2. The number of hydrogen-bond acceptors (Lipinski definition) is 7. The van der Waals surface area contributed by atoms with Crippen molar-refractivity contribution >= 4 is 45.3 Å². The Kier molecular flexibility index (Phi) is 6.34. The van der Waals surface area contributed by atoms with E-state index in [0.717, 1.165) is 48.7 Å². The third-order valence-corrected chi connectivity index (χ3v) is 6.20. The van der Waals surface area contributed by atoms with Crippen LogP contribution >= 0.6 is 11.3 Å². The fourth-order valence-corrected chi connectivity index (χ4v) is 4.76. The summed E-state index contributed by atoms with van der Waals surface area (Å²) in [5.41, 5.74) is 3.59. The van der Waals surface area contributed by atoms with Gasteiger partial charge in [-0.2, -0.15) is 5.26 Å². The van der Waals surface area contributed by atoms with Crippen LogP contribution in [-0.2, 0) is 27.2 Å². The Bertz CT molecular complexity index is 1210.